The molecule has 0 aromatic carbocycles. The molecule has 1 rings (SSSR count). The average Bonchev–Trinajstić information content (AvgIpc) is 2.05. The lowest BCUT2D eigenvalue weighted by Crippen LogP contribution is -2.30. The molecule has 0 saturated heterocycles. The number of Topliss-reactive ketones (excluding diaryl/α,β-unsaturated/α-hetero) is 1. The van der Waals surface area contributed by atoms with Gasteiger partial charge in [0, 0.05) is 11.8 Å². The molecule has 1 N–H and O–H groups in total. The fourth-order valence-corrected chi connectivity index (χ4v) is 1.82. The summed E-state index contributed by atoms with van der Waals surface area (Å²) in [7, 11) is 0. The maximum atomic E-state index is 11.4. The maximum Gasteiger partial charge on any atom is 0.141 e. The van der Waals surface area contributed by atoms with Crippen molar-refractivity contribution in [1.29, 1.82) is 0 Å². The van der Waals surface area contributed by atoms with E-state index >= 15 is 0 Å². The standard InChI is InChI=1S/C9H16O2/c1-2-7-4-3-5-8(6-10)9(7)11/h7-8,10H,2-6H2,1H3. The minimum atomic E-state index is -0.0475. The number of hydrogen-bond donors (Lipinski definition) is 1. The number of carbonyl (C=O) groups is 1. The van der Waals surface area contributed by atoms with Crippen LogP contribution in [0.3, 0.4) is 0 Å². The van der Waals surface area contributed by atoms with Crippen LogP contribution in [0.25, 0.3) is 0 Å². The summed E-state index contributed by atoms with van der Waals surface area (Å²) in [4.78, 5) is 11.4. The fourth-order valence-electron chi connectivity index (χ4n) is 1.82. The van der Waals surface area contributed by atoms with Gasteiger partial charge in [-0.2, -0.15) is 0 Å². The zero-order valence-electron chi connectivity index (χ0n) is 7.05. The first-order valence-corrected chi connectivity index (χ1v) is 4.44. The molecule has 0 aromatic heterocycles. The lowest BCUT2D eigenvalue weighted by molar-refractivity contribution is -0.130. The number of rotatable bonds is 2. The Morgan fingerprint density at radius 3 is 2.64 bits per heavy atom. The van der Waals surface area contributed by atoms with Crippen molar-refractivity contribution >= 4 is 5.78 Å². The molecule has 0 aromatic rings. The number of carbonyl (C=O) groups excluding carboxylic acids is 1. The highest BCUT2D eigenvalue weighted by Crippen LogP contribution is 2.27. The Hall–Kier alpha value is -0.370. The van der Waals surface area contributed by atoms with Gasteiger partial charge in [-0.05, 0) is 19.3 Å². The predicted molar refractivity (Wildman–Crippen MR) is 43.2 cm³/mol. The molecule has 2 unspecified atom stereocenters. The van der Waals surface area contributed by atoms with E-state index in [2.05, 4.69) is 0 Å². The first-order chi connectivity index (χ1) is 5.29. The highest BCUT2D eigenvalue weighted by Gasteiger charge is 2.28. The van der Waals surface area contributed by atoms with Crippen molar-refractivity contribution in [3.63, 3.8) is 0 Å². The highest BCUT2D eigenvalue weighted by atomic mass is 16.3. The van der Waals surface area contributed by atoms with E-state index in [4.69, 9.17) is 5.11 Å². The SMILES string of the molecule is CCC1CCCC(CO)C1=O. The summed E-state index contributed by atoms with van der Waals surface area (Å²) in [5, 5.41) is 8.85. The molecule has 0 heterocycles. The lowest BCUT2D eigenvalue weighted by atomic mass is 9.79. The van der Waals surface area contributed by atoms with E-state index in [1.807, 2.05) is 6.92 Å². The Kier molecular flexibility index (Phi) is 3.06. The molecule has 1 saturated carbocycles. The van der Waals surface area contributed by atoms with Crippen LogP contribution in [0.2, 0.25) is 0 Å². The van der Waals surface area contributed by atoms with Crippen molar-refractivity contribution < 1.29 is 9.90 Å². The maximum absolute atomic E-state index is 11.4. The van der Waals surface area contributed by atoms with Crippen molar-refractivity contribution in [1.82, 2.24) is 0 Å². The molecule has 2 atom stereocenters. The Bertz CT molecular complexity index is 128. The molecule has 2 nitrogen and oxygen atoms in total. The molecule has 0 aliphatic heterocycles. The molecule has 1 aliphatic rings. The summed E-state index contributed by atoms with van der Waals surface area (Å²) in [6.07, 6.45) is 3.97. The number of hydrogen-bond acceptors (Lipinski definition) is 2. The second kappa shape index (κ2) is 3.86. The fraction of sp³-hybridized carbons (Fsp3) is 0.889. The number of ketones is 1. The summed E-state index contributed by atoms with van der Waals surface area (Å²) in [6.45, 7) is 2.09. The van der Waals surface area contributed by atoms with E-state index < -0.39 is 0 Å². The van der Waals surface area contributed by atoms with Crippen LogP contribution in [0.1, 0.15) is 32.6 Å². The quantitative estimate of drug-likeness (QED) is 0.655. The number of aliphatic hydroxyl groups is 1. The van der Waals surface area contributed by atoms with Crippen molar-refractivity contribution in [3.05, 3.63) is 0 Å². The van der Waals surface area contributed by atoms with Gasteiger partial charge >= 0.3 is 0 Å². The monoisotopic (exact) mass is 156 g/mol. The van der Waals surface area contributed by atoms with Gasteiger partial charge in [-0.15, -0.1) is 0 Å². The van der Waals surface area contributed by atoms with E-state index in [0.29, 0.717) is 5.78 Å². The van der Waals surface area contributed by atoms with Gasteiger partial charge in [-0.3, -0.25) is 4.79 Å². The van der Waals surface area contributed by atoms with E-state index in [-0.39, 0.29) is 18.4 Å². The molecular formula is C9H16O2. The molecule has 2 heteroatoms. The third-order valence-corrected chi connectivity index (χ3v) is 2.62. The molecule has 1 aliphatic carbocycles. The summed E-state index contributed by atoms with van der Waals surface area (Å²) in [5.41, 5.74) is 0. The second-order valence-electron chi connectivity index (χ2n) is 3.32. The summed E-state index contributed by atoms with van der Waals surface area (Å²) in [5.74, 6) is 0.482. The van der Waals surface area contributed by atoms with Crippen molar-refractivity contribution in [2.45, 2.75) is 32.6 Å². The van der Waals surface area contributed by atoms with Crippen molar-refractivity contribution in [3.8, 4) is 0 Å². The Balaban J connectivity index is 2.52. The molecule has 0 spiro atoms. The van der Waals surface area contributed by atoms with Gasteiger partial charge < -0.3 is 5.11 Å². The second-order valence-corrected chi connectivity index (χ2v) is 3.32. The predicted octanol–water partition coefficient (Wildman–Crippen LogP) is 1.37. The van der Waals surface area contributed by atoms with E-state index in [0.717, 1.165) is 25.7 Å². The normalized spacial score (nSPS) is 32.4. The Labute approximate surface area is 67.6 Å². The third kappa shape index (κ3) is 1.80. The van der Waals surface area contributed by atoms with Crippen LogP contribution in [0, 0.1) is 11.8 Å². The third-order valence-electron chi connectivity index (χ3n) is 2.62. The molecule has 0 bridgehead atoms. The summed E-state index contributed by atoms with van der Waals surface area (Å²) in [6, 6.07) is 0. The molecule has 11 heavy (non-hydrogen) atoms. The van der Waals surface area contributed by atoms with Crippen molar-refractivity contribution in [2.24, 2.45) is 11.8 Å². The lowest BCUT2D eigenvalue weighted by Gasteiger charge is -2.25. The van der Waals surface area contributed by atoms with Gasteiger partial charge in [0.2, 0.25) is 0 Å². The van der Waals surface area contributed by atoms with E-state index in [1.54, 1.807) is 0 Å². The zero-order valence-corrected chi connectivity index (χ0v) is 7.05. The molecule has 64 valence electrons. The smallest absolute Gasteiger partial charge is 0.141 e. The molecule has 0 amide bonds. The van der Waals surface area contributed by atoms with Gasteiger partial charge in [0.15, 0.2) is 0 Å². The van der Waals surface area contributed by atoms with Crippen LogP contribution in [0.4, 0.5) is 0 Å². The van der Waals surface area contributed by atoms with Gasteiger partial charge in [-0.25, -0.2) is 0 Å². The van der Waals surface area contributed by atoms with Gasteiger partial charge in [0.1, 0.15) is 5.78 Å². The highest BCUT2D eigenvalue weighted by molar-refractivity contribution is 5.84. The minimum Gasteiger partial charge on any atom is -0.396 e. The first kappa shape index (κ1) is 8.72. The van der Waals surface area contributed by atoms with Crippen LogP contribution < -0.4 is 0 Å². The van der Waals surface area contributed by atoms with Gasteiger partial charge in [-0.1, -0.05) is 13.3 Å². The topological polar surface area (TPSA) is 37.3 Å². The molecular weight excluding hydrogens is 140 g/mol. The zero-order chi connectivity index (χ0) is 8.27. The van der Waals surface area contributed by atoms with Crippen molar-refractivity contribution in [2.75, 3.05) is 6.61 Å². The van der Waals surface area contributed by atoms with Crippen LogP contribution in [0.15, 0.2) is 0 Å². The van der Waals surface area contributed by atoms with E-state index in [1.165, 1.54) is 0 Å². The Morgan fingerprint density at radius 2 is 2.09 bits per heavy atom. The number of aliphatic hydroxyl groups excluding tert-OH is 1. The van der Waals surface area contributed by atoms with Gasteiger partial charge in [0.25, 0.3) is 0 Å². The average molecular weight is 156 g/mol. The largest absolute Gasteiger partial charge is 0.396 e. The summed E-state index contributed by atoms with van der Waals surface area (Å²) < 4.78 is 0. The summed E-state index contributed by atoms with van der Waals surface area (Å²) >= 11 is 0. The molecule has 0 radical (unpaired) electrons. The first-order valence-electron chi connectivity index (χ1n) is 4.44. The van der Waals surface area contributed by atoms with Crippen LogP contribution in [0.5, 0.6) is 0 Å². The van der Waals surface area contributed by atoms with E-state index in [9.17, 15) is 4.79 Å². The van der Waals surface area contributed by atoms with Crippen LogP contribution in [-0.2, 0) is 4.79 Å². The van der Waals surface area contributed by atoms with Gasteiger partial charge in [0.05, 0.1) is 6.61 Å². The Morgan fingerprint density at radius 1 is 1.45 bits per heavy atom. The van der Waals surface area contributed by atoms with Crippen LogP contribution in [-0.4, -0.2) is 17.5 Å². The molecule has 1 fully saturated rings. The van der Waals surface area contributed by atoms with Crippen LogP contribution >= 0.6 is 0 Å². The minimum absolute atomic E-state index is 0.0475.